The Morgan fingerprint density at radius 2 is 1.70 bits per heavy atom. The molecule has 1 amide bonds. The Balaban J connectivity index is 1.70. The molecule has 138 valence electrons. The van der Waals surface area contributed by atoms with Gasteiger partial charge in [-0.3, -0.25) is 14.0 Å². The van der Waals surface area contributed by atoms with Crippen LogP contribution in [0, 0.1) is 0 Å². The number of hydrogen-bond acceptors (Lipinski definition) is 4. The van der Waals surface area contributed by atoms with Crippen molar-refractivity contribution in [3.05, 3.63) is 83.1 Å². The number of amides is 1. The summed E-state index contributed by atoms with van der Waals surface area (Å²) < 4.78 is 11.4. The van der Waals surface area contributed by atoms with E-state index in [9.17, 15) is 9.00 Å². The van der Waals surface area contributed by atoms with Gasteiger partial charge in [-0.25, -0.2) is 0 Å². The molecule has 0 saturated carbocycles. The highest BCUT2D eigenvalue weighted by Gasteiger charge is 2.10. The predicted molar refractivity (Wildman–Crippen MR) is 111 cm³/mol. The SMILES string of the molecule is C[S@@](=O)Cc1ccc(Cl)c(NC(=O)c2ccc(Nc3ccncc3)cc2)c1. The minimum absolute atomic E-state index is 0.262. The summed E-state index contributed by atoms with van der Waals surface area (Å²) in [5, 5.41) is 6.48. The van der Waals surface area contributed by atoms with E-state index in [-0.39, 0.29) is 5.91 Å². The van der Waals surface area contributed by atoms with Crippen molar-refractivity contribution in [2.24, 2.45) is 0 Å². The molecule has 0 spiro atoms. The first-order valence-electron chi connectivity index (χ1n) is 8.18. The summed E-state index contributed by atoms with van der Waals surface area (Å²) >= 11 is 6.17. The van der Waals surface area contributed by atoms with E-state index in [2.05, 4.69) is 15.6 Å². The Morgan fingerprint density at radius 3 is 2.37 bits per heavy atom. The number of carbonyl (C=O) groups is 1. The zero-order chi connectivity index (χ0) is 19.2. The minimum Gasteiger partial charge on any atom is -0.355 e. The van der Waals surface area contributed by atoms with E-state index in [4.69, 9.17) is 11.6 Å². The largest absolute Gasteiger partial charge is 0.355 e. The van der Waals surface area contributed by atoms with Crippen molar-refractivity contribution in [3.8, 4) is 0 Å². The maximum atomic E-state index is 12.5. The Labute approximate surface area is 165 Å². The van der Waals surface area contributed by atoms with E-state index in [1.807, 2.05) is 24.3 Å². The highest BCUT2D eigenvalue weighted by atomic mass is 35.5. The normalized spacial score (nSPS) is 11.6. The van der Waals surface area contributed by atoms with Crippen molar-refractivity contribution < 1.29 is 9.00 Å². The Hall–Kier alpha value is -2.70. The fourth-order valence-corrected chi connectivity index (χ4v) is 3.31. The number of carbonyl (C=O) groups excluding carboxylic acids is 1. The molecule has 1 heterocycles. The van der Waals surface area contributed by atoms with Gasteiger partial charge in [0.15, 0.2) is 0 Å². The fraction of sp³-hybridized carbons (Fsp3) is 0.100. The monoisotopic (exact) mass is 399 g/mol. The second-order valence-corrected chi connectivity index (χ2v) is 7.77. The second-order valence-electron chi connectivity index (χ2n) is 5.92. The van der Waals surface area contributed by atoms with Gasteiger partial charge in [0.1, 0.15) is 0 Å². The van der Waals surface area contributed by atoms with Crippen LogP contribution in [0.15, 0.2) is 67.0 Å². The van der Waals surface area contributed by atoms with Crippen LogP contribution in [0.25, 0.3) is 0 Å². The average molecular weight is 400 g/mol. The van der Waals surface area contributed by atoms with Gasteiger partial charge in [-0.2, -0.15) is 0 Å². The molecule has 2 N–H and O–H groups in total. The number of rotatable bonds is 6. The molecule has 27 heavy (non-hydrogen) atoms. The molecule has 0 radical (unpaired) electrons. The van der Waals surface area contributed by atoms with E-state index in [0.29, 0.717) is 22.0 Å². The number of nitrogens with one attached hydrogen (secondary N) is 2. The number of hydrogen-bond donors (Lipinski definition) is 2. The smallest absolute Gasteiger partial charge is 0.255 e. The fourth-order valence-electron chi connectivity index (χ4n) is 2.49. The van der Waals surface area contributed by atoms with Crippen LogP contribution in [0.2, 0.25) is 5.02 Å². The number of nitrogens with zero attached hydrogens (tertiary/aromatic N) is 1. The lowest BCUT2D eigenvalue weighted by molar-refractivity contribution is 0.102. The Kier molecular flexibility index (Phi) is 6.21. The van der Waals surface area contributed by atoms with E-state index in [1.165, 1.54) is 0 Å². The van der Waals surface area contributed by atoms with Gasteiger partial charge in [-0.05, 0) is 54.1 Å². The van der Waals surface area contributed by atoms with Crippen molar-refractivity contribution in [2.45, 2.75) is 5.75 Å². The van der Waals surface area contributed by atoms with Gasteiger partial charge in [-0.15, -0.1) is 0 Å². The lowest BCUT2D eigenvalue weighted by atomic mass is 10.1. The summed E-state index contributed by atoms with van der Waals surface area (Å²) in [6, 6.07) is 16.1. The molecule has 0 aliphatic rings. The van der Waals surface area contributed by atoms with Crippen LogP contribution in [0.1, 0.15) is 15.9 Å². The molecule has 1 aromatic heterocycles. The third-order valence-corrected chi connectivity index (χ3v) is 4.83. The van der Waals surface area contributed by atoms with Crippen molar-refractivity contribution in [2.75, 3.05) is 16.9 Å². The topological polar surface area (TPSA) is 71.1 Å². The molecule has 0 bridgehead atoms. The molecule has 2 aromatic carbocycles. The molecule has 0 saturated heterocycles. The molecule has 7 heteroatoms. The van der Waals surface area contributed by atoms with Crippen LogP contribution in [-0.4, -0.2) is 21.4 Å². The van der Waals surface area contributed by atoms with Crippen LogP contribution >= 0.6 is 11.6 Å². The van der Waals surface area contributed by atoms with Crippen LogP contribution in [0.5, 0.6) is 0 Å². The van der Waals surface area contributed by atoms with Crippen molar-refractivity contribution >= 4 is 45.4 Å². The molecule has 3 aromatic rings. The first kappa shape index (κ1) is 19.1. The lowest BCUT2D eigenvalue weighted by Crippen LogP contribution is -2.12. The van der Waals surface area contributed by atoms with Crippen LogP contribution in [0.3, 0.4) is 0 Å². The van der Waals surface area contributed by atoms with Gasteiger partial charge in [0.25, 0.3) is 5.91 Å². The molecule has 0 aliphatic carbocycles. The van der Waals surface area contributed by atoms with E-state index in [1.54, 1.807) is 49.0 Å². The molecule has 0 fully saturated rings. The van der Waals surface area contributed by atoms with Gasteiger partial charge in [-0.1, -0.05) is 17.7 Å². The van der Waals surface area contributed by atoms with E-state index in [0.717, 1.165) is 16.9 Å². The van der Waals surface area contributed by atoms with Crippen molar-refractivity contribution in [1.82, 2.24) is 4.98 Å². The Morgan fingerprint density at radius 1 is 1.04 bits per heavy atom. The van der Waals surface area contributed by atoms with Gasteiger partial charge < -0.3 is 10.6 Å². The summed E-state index contributed by atoms with van der Waals surface area (Å²) in [6.45, 7) is 0. The molecule has 0 aliphatic heterocycles. The van der Waals surface area contributed by atoms with Gasteiger partial charge in [0.05, 0.1) is 10.7 Å². The zero-order valence-corrected chi connectivity index (χ0v) is 16.2. The first-order chi connectivity index (χ1) is 13.0. The lowest BCUT2D eigenvalue weighted by Gasteiger charge is -2.10. The minimum atomic E-state index is -0.966. The third kappa shape index (κ3) is 5.39. The summed E-state index contributed by atoms with van der Waals surface area (Å²) in [5.74, 6) is 0.150. The second kappa shape index (κ2) is 8.79. The summed E-state index contributed by atoms with van der Waals surface area (Å²) in [4.78, 5) is 16.5. The number of anilines is 3. The molecular weight excluding hydrogens is 382 g/mol. The zero-order valence-electron chi connectivity index (χ0n) is 14.6. The van der Waals surface area contributed by atoms with Crippen molar-refractivity contribution in [1.29, 1.82) is 0 Å². The molecule has 3 rings (SSSR count). The first-order valence-corrected chi connectivity index (χ1v) is 10.3. The molecule has 1 atom stereocenters. The Bertz CT molecular complexity index is 963. The highest BCUT2D eigenvalue weighted by molar-refractivity contribution is 7.83. The summed E-state index contributed by atoms with van der Waals surface area (Å²) in [7, 11) is -0.966. The number of pyridine rings is 1. The van der Waals surface area contributed by atoms with E-state index >= 15 is 0 Å². The molecular formula is C20H18ClN3O2S. The molecule has 0 unspecified atom stereocenters. The van der Waals surface area contributed by atoms with Crippen LogP contribution < -0.4 is 10.6 Å². The third-order valence-electron chi connectivity index (χ3n) is 3.76. The predicted octanol–water partition coefficient (Wildman–Crippen LogP) is 4.61. The van der Waals surface area contributed by atoms with Gasteiger partial charge >= 0.3 is 0 Å². The van der Waals surface area contributed by atoms with Gasteiger partial charge in [0.2, 0.25) is 0 Å². The highest BCUT2D eigenvalue weighted by Crippen LogP contribution is 2.25. The van der Waals surface area contributed by atoms with Gasteiger partial charge in [0, 0.05) is 52.1 Å². The number of halogens is 1. The maximum absolute atomic E-state index is 12.5. The number of benzene rings is 2. The standard InChI is InChI=1S/C20H18ClN3O2S/c1-27(26)13-14-2-7-18(21)19(12-14)24-20(25)15-3-5-16(6-4-15)23-17-8-10-22-11-9-17/h2-12H,13H2,1H3,(H,22,23)(H,24,25)/t27-/m1/s1. The van der Waals surface area contributed by atoms with E-state index < -0.39 is 10.8 Å². The maximum Gasteiger partial charge on any atom is 0.255 e. The average Bonchev–Trinajstić information content (AvgIpc) is 2.65. The van der Waals surface area contributed by atoms with Crippen LogP contribution in [-0.2, 0) is 16.6 Å². The summed E-state index contributed by atoms with van der Waals surface area (Å²) in [6.07, 6.45) is 5.04. The summed E-state index contributed by atoms with van der Waals surface area (Å²) in [5.41, 5.74) is 3.65. The molecule has 5 nitrogen and oxygen atoms in total. The number of aromatic nitrogens is 1. The van der Waals surface area contributed by atoms with Crippen LogP contribution in [0.4, 0.5) is 17.1 Å². The quantitative estimate of drug-likeness (QED) is 0.635. The van der Waals surface area contributed by atoms with Crippen molar-refractivity contribution in [3.63, 3.8) is 0 Å².